The van der Waals surface area contributed by atoms with Crippen LogP contribution in [-0.4, -0.2) is 21.4 Å². The van der Waals surface area contributed by atoms with Crippen LogP contribution < -0.4 is 0 Å². The number of halogens is 3. The van der Waals surface area contributed by atoms with Crippen molar-refractivity contribution in [3.05, 3.63) is 92.7 Å². The lowest BCUT2D eigenvalue weighted by molar-refractivity contribution is -0.131. The minimum atomic E-state index is -1.07. The molecular weight excluding hydrogens is 409 g/mol. The Morgan fingerprint density at radius 1 is 0.963 bits per heavy atom. The molecule has 7 heteroatoms. The highest BCUT2D eigenvalue weighted by atomic mass is 35.5. The first kappa shape index (κ1) is 19.2. The minimum Gasteiger partial charge on any atom is -0.478 e. The molecule has 0 spiro atoms. The van der Waals surface area contributed by atoms with Gasteiger partial charge in [-0.2, -0.15) is 0 Å². The summed E-state index contributed by atoms with van der Waals surface area (Å²) in [7, 11) is 0. The molecule has 0 saturated carbocycles. The zero-order chi connectivity index (χ0) is 19.6. The number of ketones is 1. The number of benzene rings is 2. The summed E-state index contributed by atoms with van der Waals surface area (Å²) in [5, 5.41) is 9.68. The second kappa shape index (κ2) is 8.01. The zero-order valence-corrected chi connectivity index (χ0v) is 16.0. The maximum atomic E-state index is 13.1. The van der Waals surface area contributed by atoms with Crippen molar-refractivity contribution in [3.8, 4) is 5.69 Å². The Morgan fingerprint density at radius 2 is 1.74 bits per heavy atom. The number of carbonyl (C=O) groups excluding carboxylic acids is 1. The number of carbonyl (C=O) groups is 2. The van der Waals surface area contributed by atoms with Crippen molar-refractivity contribution in [1.82, 2.24) is 4.57 Å². The molecule has 0 aliphatic carbocycles. The van der Waals surface area contributed by atoms with E-state index >= 15 is 0 Å². The number of nitrogens with zero attached hydrogens (tertiary/aromatic N) is 1. The molecule has 1 heterocycles. The van der Waals surface area contributed by atoms with Gasteiger partial charge in [-0.15, -0.1) is 0 Å². The minimum absolute atomic E-state index is 0.161. The lowest BCUT2D eigenvalue weighted by atomic mass is 10.0. The third kappa shape index (κ3) is 4.08. The van der Waals surface area contributed by atoms with Gasteiger partial charge in [0.2, 0.25) is 0 Å². The van der Waals surface area contributed by atoms with Crippen LogP contribution in [0.1, 0.15) is 21.6 Å². The predicted octanol–water partition coefficient (Wildman–Crippen LogP) is 5.77. The number of rotatable bonds is 5. The average molecular weight is 421 g/mol. The summed E-state index contributed by atoms with van der Waals surface area (Å²) in [5.74, 6) is -1.41. The van der Waals surface area contributed by atoms with E-state index in [9.17, 15) is 9.59 Å². The molecule has 136 valence electrons. The zero-order valence-electron chi connectivity index (χ0n) is 13.7. The van der Waals surface area contributed by atoms with E-state index in [1.54, 1.807) is 59.3 Å². The molecule has 1 N–H and O–H groups in total. The standard InChI is InChI=1S/C20H12Cl3NO3/c21-12-6-8-17(24-10-2-3-13(24)7-9-18(25)26)15(11-12)20(27)14-4-1-5-16(22)19(14)23/h1-11H,(H,25,26)/b9-7+. The van der Waals surface area contributed by atoms with E-state index in [0.717, 1.165) is 6.08 Å². The Balaban J connectivity index is 2.16. The summed E-state index contributed by atoms with van der Waals surface area (Å²) in [6, 6.07) is 13.2. The lowest BCUT2D eigenvalue weighted by Crippen LogP contribution is -2.09. The molecule has 27 heavy (non-hydrogen) atoms. The Morgan fingerprint density at radius 3 is 2.48 bits per heavy atom. The Kier molecular flexibility index (Phi) is 5.71. The molecule has 4 nitrogen and oxygen atoms in total. The van der Waals surface area contributed by atoms with Crippen LogP contribution >= 0.6 is 34.8 Å². The van der Waals surface area contributed by atoms with E-state index in [1.807, 2.05) is 0 Å². The summed E-state index contributed by atoms with van der Waals surface area (Å²) < 4.78 is 1.70. The van der Waals surface area contributed by atoms with E-state index in [0.29, 0.717) is 22.0 Å². The van der Waals surface area contributed by atoms with Crippen molar-refractivity contribution in [2.75, 3.05) is 0 Å². The average Bonchev–Trinajstić information content (AvgIpc) is 3.10. The van der Waals surface area contributed by atoms with Crippen molar-refractivity contribution in [3.63, 3.8) is 0 Å². The molecule has 2 aromatic carbocycles. The van der Waals surface area contributed by atoms with E-state index in [-0.39, 0.29) is 21.4 Å². The van der Waals surface area contributed by atoms with Gasteiger partial charge in [0, 0.05) is 34.1 Å². The third-order valence-corrected chi connectivity index (χ3v) is 4.89. The van der Waals surface area contributed by atoms with Gasteiger partial charge in [-0.25, -0.2) is 4.79 Å². The largest absolute Gasteiger partial charge is 0.478 e. The highest BCUT2D eigenvalue weighted by Crippen LogP contribution is 2.30. The van der Waals surface area contributed by atoms with Crippen LogP contribution in [0.4, 0.5) is 0 Å². The number of carboxylic acids is 1. The van der Waals surface area contributed by atoms with E-state index < -0.39 is 5.97 Å². The van der Waals surface area contributed by atoms with Crippen molar-refractivity contribution in [2.24, 2.45) is 0 Å². The summed E-state index contributed by atoms with van der Waals surface area (Å²) in [5.41, 5.74) is 1.69. The third-order valence-electron chi connectivity index (χ3n) is 3.84. The predicted molar refractivity (Wildman–Crippen MR) is 107 cm³/mol. The first-order chi connectivity index (χ1) is 12.9. The highest BCUT2D eigenvalue weighted by Gasteiger charge is 2.20. The molecule has 0 aliphatic rings. The highest BCUT2D eigenvalue weighted by molar-refractivity contribution is 6.44. The quantitative estimate of drug-likeness (QED) is 0.421. The molecule has 0 bridgehead atoms. The van der Waals surface area contributed by atoms with Gasteiger partial charge in [-0.3, -0.25) is 4.79 Å². The Labute approximate surface area is 170 Å². The fourth-order valence-electron chi connectivity index (χ4n) is 2.63. The molecule has 1 aromatic heterocycles. The summed E-state index contributed by atoms with van der Waals surface area (Å²) >= 11 is 18.3. The number of aromatic nitrogens is 1. The summed E-state index contributed by atoms with van der Waals surface area (Å²) in [4.78, 5) is 24.0. The maximum absolute atomic E-state index is 13.1. The van der Waals surface area contributed by atoms with Crippen molar-refractivity contribution in [1.29, 1.82) is 0 Å². The summed E-state index contributed by atoms with van der Waals surface area (Å²) in [6.45, 7) is 0. The first-order valence-corrected chi connectivity index (χ1v) is 8.89. The van der Waals surface area contributed by atoms with Crippen LogP contribution in [-0.2, 0) is 4.79 Å². The molecule has 0 aliphatic heterocycles. The molecule has 0 fully saturated rings. The van der Waals surface area contributed by atoms with Gasteiger partial charge in [0.05, 0.1) is 15.7 Å². The number of aliphatic carboxylic acids is 1. The molecule has 0 radical (unpaired) electrons. The number of hydrogen-bond donors (Lipinski definition) is 1. The van der Waals surface area contributed by atoms with Gasteiger partial charge >= 0.3 is 5.97 Å². The molecule has 0 saturated heterocycles. The molecule has 0 amide bonds. The SMILES string of the molecule is O=C(O)/C=C/c1cccn1-c1ccc(Cl)cc1C(=O)c1cccc(Cl)c1Cl. The fraction of sp³-hybridized carbons (Fsp3) is 0. The van der Waals surface area contributed by atoms with Gasteiger partial charge in [-0.05, 0) is 48.5 Å². The molecule has 3 aromatic rings. The second-order valence-electron chi connectivity index (χ2n) is 5.57. The molecule has 0 atom stereocenters. The van der Waals surface area contributed by atoms with Gasteiger partial charge in [0.15, 0.2) is 5.78 Å². The Bertz CT molecular complexity index is 1070. The summed E-state index contributed by atoms with van der Waals surface area (Å²) in [6.07, 6.45) is 4.19. The van der Waals surface area contributed by atoms with Crippen LogP contribution in [0.2, 0.25) is 15.1 Å². The van der Waals surface area contributed by atoms with Gasteiger partial charge < -0.3 is 9.67 Å². The topological polar surface area (TPSA) is 59.3 Å². The van der Waals surface area contributed by atoms with Crippen molar-refractivity contribution < 1.29 is 14.7 Å². The monoisotopic (exact) mass is 419 g/mol. The Hall–Kier alpha value is -2.53. The molecule has 0 unspecified atom stereocenters. The van der Waals surface area contributed by atoms with Crippen molar-refractivity contribution >= 4 is 52.6 Å². The first-order valence-electron chi connectivity index (χ1n) is 7.75. The van der Waals surface area contributed by atoms with Crippen LogP contribution in [0.25, 0.3) is 11.8 Å². The van der Waals surface area contributed by atoms with E-state index in [2.05, 4.69) is 0 Å². The number of carboxylic acid groups (broad SMARTS) is 1. The van der Waals surface area contributed by atoms with Gasteiger partial charge in [0.1, 0.15) is 0 Å². The molecular formula is C20H12Cl3NO3. The van der Waals surface area contributed by atoms with Crippen LogP contribution in [0.5, 0.6) is 0 Å². The van der Waals surface area contributed by atoms with Crippen LogP contribution in [0.15, 0.2) is 60.8 Å². The lowest BCUT2D eigenvalue weighted by Gasteiger charge is -2.14. The van der Waals surface area contributed by atoms with Crippen LogP contribution in [0, 0.1) is 0 Å². The van der Waals surface area contributed by atoms with Gasteiger partial charge in [0.25, 0.3) is 0 Å². The van der Waals surface area contributed by atoms with E-state index in [1.165, 1.54) is 6.08 Å². The number of hydrogen-bond acceptors (Lipinski definition) is 2. The molecule has 3 rings (SSSR count). The van der Waals surface area contributed by atoms with Crippen molar-refractivity contribution in [2.45, 2.75) is 0 Å². The smallest absolute Gasteiger partial charge is 0.328 e. The van der Waals surface area contributed by atoms with Crippen LogP contribution in [0.3, 0.4) is 0 Å². The maximum Gasteiger partial charge on any atom is 0.328 e. The fourth-order valence-corrected chi connectivity index (χ4v) is 3.19. The van der Waals surface area contributed by atoms with E-state index in [4.69, 9.17) is 39.9 Å². The normalized spacial score (nSPS) is 11.1. The second-order valence-corrected chi connectivity index (χ2v) is 6.79. The van der Waals surface area contributed by atoms with Gasteiger partial charge in [-0.1, -0.05) is 40.9 Å².